The van der Waals surface area contributed by atoms with E-state index in [1.807, 2.05) is 0 Å². The first-order valence-electron chi connectivity index (χ1n) is 5.71. The van der Waals surface area contributed by atoms with E-state index < -0.39 is 5.97 Å². The van der Waals surface area contributed by atoms with E-state index in [-0.39, 0.29) is 16.9 Å². The molecule has 102 valence electrons. The van der Waals surface area contributed by atoms with Gasteiger partial charge in [-0.2, -0.15) is 0 Å². The number of hydrogen-bond donors (Lipinski definition) is 0. The van der Waals surface area contributed by atoms with Gasteiger partial charge >= 0.3 is 5.97 Å². The summed E-state index contributed by atoms with van der Waals surface area (Å²) in [5.41, 5.74) is 0.771. The molecule has 0 amide bonds. The highest BCUT2D eigenvalue weighted by atomic mass is 35.5. The monoisotopic (exact) mass is 308 g/mol. The van der Waals surface area contributed by atoms with Crippen molar-refractivity contribution in [1.29, 1.82) is 0 Å². The highest BCUT2D eigenvalue weighted by Crippen LogP contribution is 2.22. The van der Waals surface area contributed by atoms with Gasteiger partial charge in [0.25, 0.3) is 0 Å². The van der Waals surface area contributed by atoms with Crippen molar-refractivity contribution in [2.75, 3.05) is 7.11 Å². The number of ketones is 1. The van der Waals surface area contributed by atoms with Crippen LogP contribution >= 0.6 is 23.2 Å². The van der Waals surface area contributed by atoms with E-state index in [9.17, 15) is 9.59 Å². The first-order valence-corrected chi connectivity index (χ1v) is 6.46. The smallest absolute Gasteiger partial charge is 0.338 e. The van der Waals surface area contributed by atoms with Crippen molar-refractivity contribution in [3.8, 4) is 0 Å². The Balaban J connectivity index is 2.51. The lowest BCUT2D eigenvalue weighted by molar-refractivity contribution is 0.0597. The van der Waals surface area contributed by atoms with E-state index >= 15 is 0 Å². The Hall–Kier alpha value is -1.84. The summed E-state index contributed by atoms with van der Waals surface area (Å²) in [5.74, 6) is -0.905. The molecule has 2 rings (SSSR count). The molecule has 0 aliphatic rings. The summed E-state index contributed by atoms with van der Waals surface area (Å²) in [6, 6.07) is 11.0. The fraction of sp³-hybridized carbons (Fsp3) is 0.0667. The quantitative estimate of drug-likeness (QED) is 0.635. The predicted molar refractivity (Wildman–Crippen MR) is 77.7 cm³/mol. The summed E-state index contributed by atoms with van der Waals surface area (Å²) in [6.07, 6.45) is 0. The van der Waals surface area contributed by atoms with Crippen molar-refractivity contribution in [1.82, 2.24) is 0 Å². The van der Waals surface area contributed by atoms with Crippen LogP contribution in [0.4, 0.5) is 0 Å². The molecule has 0 unspecified atom stereocenters. The van der Waals surface area contributed by atoms with E-state index in [1.165, 1.54) is 31.4 Å². The Bertz CT molecular complexity index is 660. The fourth-order valence-corrected chi connectivity index (χ4v) is 2.34. The van der Waals surface area contributed by atoms with Crippen molar-refractivity contribution in [2.24, 2.45) is 0 Å². The minimum atomic E-state index is -0.568. The number of carbonyl (C=O) groups is 2. The molecule has 2 aromatic rings. The van der Waals surface area contributed by atoms with Crippen LogP contribution < -0.4 is 0 Å². The lowest BCUT2D eigenvalue weighted by Crippen LogP contribution is -2.11. The number of hydrogen-bond acceptors (Lipinski definition) is 3. The molecule has 0 aliphatic carbocycles. The Morgan fingerprint density at radius 3 is 2.05 bits per heavy atom. The Morgan fingerprint density at radius 2 is 1.50 bits per heavy atom. The number of halogens is 2. The van der Waals surface area contributed by atoms with Gasteiger partial charge < -0.3 is 4.74 Å². The van der Waals surface area contributed by atoms with Crippen LogP contribution in [0.25, 0.3) is 0 Å². The van der Waals surface area contributed by atoms with Crippen molar-refractivity contribution < 1.29 is 14.3 Å². The van der Waals surface area contributed by atoms with Crippen LogP contribution in [0.2, 0.25) is 10.0 Å². The van der Waals surface area contributed by atoms with Gasteiger partial charge in [0.2, 0.25) is 0 Å². The summed E-state index contributed by atoms with van der Waals surface area (Å²) >= 11 is 11.8. The molecule has 0 saturated heterocycles. The molecule has 0 heterocycles. The van der Waals surface area contributed by atoms with E-state index in [0.29, 0.717) is 15.6 Å². The molecule has 20 heavy (non-hydrogen) atoms. The second-order valence-corrected chi connectivity index (χ2v) is 4.90. The number of methoxy groups -OCH3 is 1. The number of ether oxygens (including phenoxy) is 1. The zero-order valence-corrected chi connectivity index (χ0v) is 12.0. The van der Waals surface area contributed by atoms with Crippen LogP contribution in [-0.2, 0) is 4.74 Å². The summed E-state index contributed by atoms with van der Waals surface area (Å²) in [7, 11) is 1.26. The van der Waals surface area contributed by atoms with E-state index in [1.54, 1.807) is 18.2 Å². The molecular formula is C15H10Cl2O3. The molecular weight excluding hydrogens is 299 g/mol. The highest BCUT2D eigenvalue weighted by molar-refractivity contribution is 6.35. The van der Waals surface area contributed by atoms with Crippen molar-refractivity contribution in [3.05, 3.63) is 69.2 Å². The third-order valence-electron chi connectivity index (χ3n) is 2.70. The fourth-order valence-electron chi connectivity index (χ4n) is 1.81. The van der Waals surface area contributed by atoms with E-state index in [0.717, 1.165) is 0 Å². The molecule has 0 atom stereocenters. The molecule has 0 aliphatic heterocycles. The maximum absolute atomic E-state index is 12.5. The van der Waals surface area contributed by atoms with Crippen LogP contribution in [-0.4, -0.2) is 18.9 Å². The first-order chi connectivity index (χ1) is 9.52. The lowest BCUT2D eigenvalue weighted by Gasteiger charge is -2.07. The number of carbonyl (C=O) groups excluding carboxylic acids is 2. The standard InChI is InChI=1S/C15H10Cl2O3/c1-20-15(19)13-5-3-2-4-12(13)14(18)9-6-10(16)8-11(17)7-9/h2-8H,1H3. The minimum absolute atomic E-state index is 0.205. The summed E-state index contributed by atoms with van der Waals surface area (Å²) in [4.78, 5) is 24.1. The lowest BCUT2D eigenvalue weighted by atomic mass is 9.98. The normalized spacial score (nSPS) is 10.2. The van der Waals surface area contributed by atoms with Gasteiger partial charge in [0, 0.05) is 21.2 Å². The molecule has 0 N–H and O–H groups in total. The van der Waals surface area contributed by atoms with E-state index in [4.69, 9.17) is 23.2 Å². The summed E-state index contributed by atoms with van der Waals surface area (Å²) < 4.78 is 4.67. The largest absolute Gasteiger partial charge is 0.465 e. The number of rotatable bonds is 3. The Morgan fingerprint density at radius 1 is 0.950 bits per heavy atom. The van der Waals surface area contributed by atoms with Gasteiger partial charge in [-0.3, -0.25) is 4.79 Å². The highest BCUT2D eigenvalue weighted by Gasteiger charge is 2.18. The molecule has 0 bridgehead atoms. The van der Waals surface area contributed by atoms with Crippen LogP contribution in [0.15, 0.2) is 42.5 Å². The second-order valence-electron chi connectivity index (χ2n) is 4.02. The van der Waals surface area contributed by atoms with Crippen LogP contribution in [0.3, 0.4) is 0 Å². The molecule has 0 fully saturated rings. The van der Waals surface area contributed by atoms with Crippen LogP contribution in [0.5, 0.6) is 0 Å². The molecule has 2 aromatic carbocycles. The van der Waals surface area contributed by atoms with Gasteiger partial charge in [0.15, 0.2) is 5.78 Å². The molecule has 0 radical (unpaired) electrons. The van der Waals surface area contributed by atoms with Gasteiger partial charge in [-0.15, -0.1) is 0 Å². The first kappa shape index (κ1) is 14.6. The van der Waals surface area contributed by atoms with E-state index in [2.05, 4.69) is 4.74 Å². The van der Waals surface area contributed by atoms with Gasteiger partial charge in [0.05, 0.1) is 12.7 Å². The molecule has 0 saturated carbocycles. The van der Waals surface area contributed by atoms with Crippen molar-refractivity contribution >= 4 is 35.0 Å². The molecule has 5 heteroatoms. The van der Waals surface area contributed by atoms with Crippen molar-refractivity contribution in [3.63, 3.8) is 0 Å². The summed E-state index contributed by atoms with van der Waals surface area (Å²) in [6.45, 7) is 0. The van der Waals surface area contributed by atoms with Gasteiger partial charge in [0.1, 0.15) is 0 Å². The van der Waals surface area contributed by atoms with Gasteiger partial charge in [-0.05, 0) is 24.3 Å². The average molecular weight is 309 g/mol. The van der Waals surface area contributed by atoms with Crippen LogP contribution in [0, 0.1) is 0 Å². The molecule has 3 nitrogen and oxygen atoms in total. The topological polar surface area (TPSA) is 43.4 Å². The maximum atomic E-state index is 12.5. The summed E-state index contributed by atoms with van der Waals surface area (Å²) in [5, 5.41) is 0.716. The second kappa shape index (κ2) is 6.07. The zero-order valence-electron chi connectivity index (χ0n) is 10.5. The SMILES string of the molecule is COC(=O)c1ccccc1C(=O)c1cc(Cl)cc(Cl)c1. The predicted octanol–water partition coefficient (Wildman–Crippen LogP) is 4.01. The molecule has 0 spiro atoms. The number of benzene rings is 2. The Labute approximate surface area is 126 Å². The third-order valence-corrected chi connectivity index (χ3v) is 3.14. The number of esters is 1. The maximum Gasteiger partial charge on any atom is 0.338 e. The minimum Gasteiger partial charge on any atom is -0.465 e. The van der Waals surface area contributed by atoms with Gasteiger partial charge in [-0.25, -0.2) is 4.79 Å². The third kappa shape index (κ3) is 3.00. The molecule has 0 aromatic heterocycles. The van der Waals surface area contributed by atoms with Crippen LogP contribution in [0.1, 0.15) is 26.3 Å². The Kier molecular flexibility index (Phi) is 4.42. The zero-order chi connectivity index (χ0) is 14.7. The van der Waals surface area contributed by atoms with Gasteiger partial charge in [-0.1, -0.05) is 41.4 Å². The van der Waals surface area contributed by atoms with Crippen molar-refractivity contribution in [2.45, 2.75) is 0 Å². The average Bonchev–Trinajstić information content (AvgIpc) is 2.44.